The predicted octanol–water partition coefficient (Wildman–Crippen LogP) is 16.1. The Morgan fingerprint density at radius 2 is 0.810 bits per heavy atom. The van der Waals surface area contributed by atoms with Crippen molar-refractivity contribution in [1.29, 1.82) is 0 Å². The molecule has 0 aromatic carbocycles. The topological polar surface area (TPSA) is 108 Å². The summed E-state index contributed by atoms with van der Waals surface area (Å²) in [5, 5.41) is 0. The first-order valence-electron chi connectivity index (χ1n) is 26.9. The van der Waals surface area contributed by atoms with Crippen molar-refractivity contribution in [2.24, 2.45) is 0 Å². The van der Waals surface area contributed by atoms with Crippen LogP contribution in [0.1, 0.15) is 264 Å². The van der Waals surface area contributed by atoms with E-state index in [2.05, 4.69) is 26.0 Å². The van der Waals surface area contributed by atoms with Gasteiger partial charge in [0.2, 0.25) is 0 Å². The van der Waals surface area contributed by atoms with Crippen LogP contribution in [0.3, 0.4) is 0 Å². The van der Waals surface area contributed by atoms with Gasteiger partial charge in [0.15, 0.2) is 6.10 Å². The van der Waals surface area contributed by atoms with E-state index in [1.54, 1.807) is 0 Å². The molecule has 0 aliphatic heterocycles. The fraction of sp³-hybridized carbons (Fsp3) is 0.925. The van der Waals surface area contributed by atoms with Crippen LogP contribution in [0.5, 0.6) is 0 Å². The molecule has 0 aromatic rings. The summed E-state index contributed by atoms with van der Waals surface area (Å²) >= 11 is 0. The number of nitrogens with zero attached hydrogens (tertiary/aromatic N) is 1. The van der Waals surface area contributed by atoms with Crippen LogP contribution in [-0.2, 0) is 32.7 Å². The lowest BCUT2D eigenvalue weighted by Gasteiger charge is -2.24. The van der Waals surface area contributed by atoms with Crippen LogP contribution < -0.4 is 0 Å². The third-order valence-electron chi connectivity index (χ3n) is 12.0. The van der Waals surface area contributed by atoms with Crippen LogP contribution in [0.4, 0.5) is 0 Å². The molecule has 2 atom stereocenters. The van der Waals surface area contributed by atoms with Gasteiger partial charge in [-0.2, -0.15) is 0 Å². The molecule has 0 spiro atoms. The molecule has 1 unspecified atom stereocenters. The summed E-state index contributed by atoms with van der Waals surface area (Å²) in [6.45, 7) is 4.47. The Hall–Kier alpha value is -1.25. The highest BCUT2D eigenvalue weighted by Gasteiger charge is 2.27. The van der Waals surface area contributed by atoms with Gasteiger partial charge in [-0.15, -0.1) is 0 Å². The summed E-state index contributed by atoms with van der Waals surface area (Å²) in [7, 11) is 1.49. The average Bonchev–Trinajstić information content (AvgIpc) is 3.24. The second-order valence-electron chi connectivity index (χ2n) is 19.6. The van der Waals surface area contributed by atoms with E-state index < -0.39 is 26.5 Å². The van der Waals surface area contributed by atoms with Crippen molar-refractivity contribution < 1.29 is 42.1 Å². The molecule has 0 radical (unpaired) electrons. The van der Waals surface area contributed by atoms with E-state index in [0.29, 0.717) is 17.4 Å². The Bertz CT molecular complexity index is 1080. The Balaban J connectivity index is 4.17. The van der Waals surface area contributed by atoms with Crippen molar-refractivity contribution in [2.45, 2.75) is 270 Å². The minimum Gasteiger partial charge on any atom is -0.462 e. The Morgan fingerprint density at radius 1 is 0.476 bits per heavy atom. The van der Waals surface area contributed by atoms with Gasteiger partial charge >= 0.3 is 19.8 Å². The molecule has 0 rings (SSSR count). The number of esters is 2. The Labute approximate surface area is 390 Å². The molecule has 0 aromatic heterocycles. The number of ether oxygens (including phenoxy) is 2. The third-order valence-corrected chi connectivity index (χ3v) is 13.0. The zero-order valence-corrected chi connectivity index (χ0v) is 43.2. The maximum Gasteiger partial charge on any atom is 0.472 e. The van der Waals surface area contributed by atoms with Crippen molar-refractivity contribution in [3.8, 4) is 0 Å². The molecular formula is C53H105NO8P+. The number of likely N-dealkylation sites (N-methyl/N-ethyl adjacent to an activating group) is 1. The molecule has 374 valence electrons. The van der Waals surface area contributed by atoms with Crippen LogP contribution in [0.15, 0.2) is 12.2 Å². The number of quaternary nitrogens is 1. The maximum absolute atomic E-state index is 12.8. The molecule has 10 heteroatoms. The molecule has 0 amide bonds. The molecule has 0 aliphatic carbocycles. The number of rotatable bonds is 50. The van der Waals surface area contributed by atoms with Gasteiger partial charge in [0, 0.05) is 12.8 Å². The minimum atomic E-state index is -4.38. The minimum absolute atomic E-state index is 0.0351. The molecule has 9 nitrogen and oxygen atoms in total. The molecule has 0 saturated heterocycles. The second kappa shape index (κ2) is 45.9. The number of phosphoric ester groups is 1. The highest BCUT2D eigenvalue weighted by Crippen LogP contribution is 2.43. The van der Waals surface area contributed by atoms with Crippen molar-refractivity contribution in [3.05, 3.63) is 12.2 Å². The quantitative estimate of drug-likeness (QED) is 0.0211. The van der Waals surface area contributed by atoms with Crippen LogP contribution in [0.25, 0.3) is 0 Å². The first kappa shape index (κ1) is 61.8. The average molecular weight is 915 g/mol. The number of allylic oxidation sites excluding steroid dienone is 2. The van der Waals surface area contributed by atoms with Gasteiger partial charge in [-0.05, 0) is 38.5 Å². The second-order valence-corrected chi connectivity index (χ2v) is 21.1. The van der Waals surface area contributed by atoms with Crippen LogP contribution in [0, 0.1) is 0 Å². The molecule has 0 aliphatic rings. The standard InChI is InChI=1S/C53H104NO8P/c1-6-8-10-12-14-16-18-20-22-24-25-26-27-28-30-32-34-36-38-40-42-44-46-53(56)62-51(50-61-63(57,58)60-48-47-54(3,4)5)49-59-52(55)45-43-41-39-37-35-33-31-29-23-21-19-17-15-13-11-9-7-2/h17,19,51H,6-16,18,20-50H2,1-5H3/p+1/b19-17+/t51-/m1/s1. The predicted molar refractivity (Wildman–Crippen MR) is 266 cm³/mol. The summed E-state index contributed by atoms with van der Waals surface area (Å²) in [5.74, 6) is -0.784. The first-order chi connectivity index (χ1) is 30.5. The smallest absolute Gasteiger partial charge is 0.462 e. The van der Waals surface area contributed by atoms with E-state index in [4.69, 9.17) is 18.5 Å². The summed E-state index contributed by atoms with van der Waals surface area (Å²) in [6, 6.07) is 0. The normalized spacial score (nSPS) is 13.4. The van der Waals surface area contributed by atoms with E-state index in [1.807, 2.05) is 21.1 Å². The lowest BCUT2D eigenvalue weighted by molar-refractivity contribution is -0.870. The maximum atomic E-state index is 12.8. The van der Waals surface area contributed by atoms with Crippen LogP contribution in [-0.4, -0.2) is 74.9 Å². The van der Waals surface area contributed by atoms with E-state index >= 15 is 0 Å². The largest absolute Gasteiger partial charge is 0.472 e. The molecule has 63 heavy (non-hydrogen) atoms. The molecule has 0 fully saturated rings. The zero-order chi connectivity index (χ0) is 46.4. The Morgan fingerprint density at radius 3 is 1.19 bits per heavy atom. The van der Waals surface area contributed by atoms with Gasteiger partial charge in [-0.25, -0.2) is 4.57 Å². The molecule has 0 saturated carbocycles. The Kier molecular flexibility index (Phi) is 45.0. The van der Waals surface area contributed by atoms with Crippen LogP contribution in [0.2, 0.25) is 0 Å². The lowest BCUT2D eigenvalue weighted by atomic mass is 10.0. The van der Waals surface area contributed by atoms with E-state index in [0.717, 1.165) is 38.5 Å². The van der Waals surface area contributed by atoms with Gasteiger partial charge in [0.1, 0.15) is 19.8 Å². The molecule has 0 heterocycles. The number of carbonyl (C=O) groups is 2. The highest BCUT2D eigenvalue weighted by atomic mass is 31.2. The SMILES string of the molecule is CCCCCC/C=C/CCCCCCCCCCCC(=O)OC[C@H](COP(=O)(O)OCC[N+](C)(C)C)OC(=O)CCCCCCCCCCCCCCCCCCCCCCCC. The van der Waals surface area contributed by atoms with Crippen molar-refractivity contribution in [2.75, 3.05) is 47.5 Å². The molecule has 0 bridgehead atoms. The summed E-state index contributed by atoms with van der Waals surface area (Å²) in [5.41, 5.74) is 0. The fourth-order valence-electron chi connectivity index (χ4n) is 7.84. The van der Waals surface area contributed by atoms with Gasteiger partial charge in [-0.3, -0.25) is 18.6 Å². The van der Waals surface area contributed by atoms with Gasteiger partial charge in [-0.1, -0.05) is 225 Å². The number of hydrogen-bond acceptors (Lipinski definition) is 7. The van der Waals surface area contributed by atoms with E-state index in [1.165, 1.54) is 199 Å². The molecular weight excluding hydrogens is 810 g/mol. The number of phosphoric acid groups is 1. The number of carbonyl (C=O) groups excluding carboxylic acids is 2. The molecule has 1 N–H and O–H groups in total. The van der Waals surface area contributed by atoms with Gasteiger partial charge in [0.05, 0.1) is 27.7 Å². The third kappa shape index (κ3) is 50.0. The first-order valence-corrected chi connectivity index (χ1v) is 28.4. The van der Waals surface area contributed by atoms with Crippen molar-refractivity contribution >= 4 is 19.8 Å². The van der Waals surface area contributed by atoms with Crippen molar-refractivity contribution in [1.82, 2.24) is 0 Å². The monoisotopic (exact) mass is 915 g/mol. The lowest BCUT2D eigenvalue weighted by Crippen LogP contribution is -2.37. The van der Waals surface area contributed by atoms with Gasteiger partial charge in [0.25, 0.3) is 0 Å². The highest BCUT2D eigenvalue weighted by molar-refractivity contribution is 7.47. The zero-order valence-electron chi connectivity index (χ0n) is 42.3. The summed E-state index contributed by atoms with van der Waals surface area (Å²) < 4.78 is 34.5. The van der Waals surface area contributed by atoms with E-state index in [9.17, 15) is 19.0 Å². The van der Waals surface area contributed by atoms with E-state index in [-0.39, 0.29) is 25.6 Å². The summed E-state index contributed by atoms with van der Waals surface area (Å²) in [6.07, 6.45) is 51.2. The fourth-order valence-corrected chi connectivity index (χ4v) is 8.58. The van der Waals surface area contributed by atoms with Crippen molar-refractivity contribution in [3.63, 3.8) is 0 Å². The van der Waals surface area contributed by atoms with Gasteiger partial charge < -0.3 is 18.9 Å². The summed E-state index contributed by atoms with van der Waals surface area (Å²) in [4.78, 5) is 35.6. The van der Waals surface area contributed by atoms with Crippen LogP contribution >= 0.6 is 7.82 Å². The number of unbranched alkanes of at least 4 members (excludes halogenated alkanes) is 34. The number of hydrogen-bond donors (Lipinski definition) is 1.